The first-order chi connectivity index (χ1) is 10.8. The third-order valence-electron chi connectivity index (χ3n) is 4.14. The lowest BCUT2D eigenvalue weighted by atomic mass is 10.0. The van der Waals surface area contributed by atoms with Crippen molar-refractivity contribution < 1.29 is 13.2 Å². The Morgan fingerprint density at radius 2 is 2.13 bits per heavy atom. The summed E-state index contributed by atoms with van der Waals surface area (Å²) in [5, 5.41) is 4.48. The Kier molecular flexibility index (Phi) is 5.80. The van der Waals surface area contributed by atoms with Gasteiger partial charge in [-0.25, -0.2) is 13.1 Å². The first-order valence-electron chi connectivity index (χ1n) is 8.01. The summed E-state index contributed by atoms with van der Waals surface area (Å²) in [5.74, 6) is 0.00683. The predicted octanol–water partition coefficient (Wildman–Crippen LogP) is 0.820. The predicted molar refractivity (Wildman–Crippen MR) is 88.5 cm³/mol. The number of carbonyl (C=O) groups excluding carboxylic acids is 1. The number of aromatic nitrogens is 2. The molecule has 1 fully saturated rings. The van der Waals surface area contributed by atoms with Crippen molar-refractivity contribution in [1.82, 2.24) is 19.4 Å². The van der Waals surface area contributed by atoms with Crippen LogP contribution in [0.25, 0.3) is 0 Å². The molecule has 0 spiro atoms. The van der Waals surface area contributed by atoms with Crippen molar-refractivity contribution in [2.75, 3.05) is 19.3 Å². The number of hydrogen-bond acceptors (Lipinski definition) is 4. The Morgan fingerprint density at radius 3 is 2.74 bits per heavy atom. The number of nitrogens with zero attached hydrogens (tertiary/aromatic N) is 3. The molecule has 1 aromatic heterocycles. The monoisotopic (exact) mass is 342 g/mol. The Bertz CT molecular complexity index is 654. The Hall–Kier alpha value is -1.41. The molecule has 0 bridgehead atoms. The van der Waals surface area contributed by atoms with Crippen LogP contribution in [0.15, 0.2) is 6.07 Å². The van der Waals surface area contributed by atoms with Gasteiger partial charge < -0.3 is 4.90 Å². The van der Waals surface area contributed by atoms with Gasteiger partial charge >= 0.3 is 0 Å². The van der Waals surface area contributed by atoms with Crippen LogP contribution >= 0.6 is 0 Å². The van der Waals surface area contributed by atoms with Gasteiger partial charge in [-0.3, -0.25) is 9.48 Å². The van der Waals surface area contributed by atoms with Gasteiger partial charge in [-0.15, -0.1) is 0 Å². The molecule has 130 valence electrons. The van der Waals surface area contributed by atoms with E-state index in [2.05, 4.69) is 9.82 Å². The number of amides is 1. The van der Waals surface area contributed by atoms with Gasteiger partial charge in [0.05, 0.1) is 24.5 Å². The van der Waals surface area contributed by atoms with Crippen molar-refractivity contribution in [2.24, 2.45) is 0 Å². The Labute approximate surface area is 138 Å². The molecule has 0 radical (unpaired) electrons. The van der Waals surface area contributed by atoms with Crippen molar-refractivity contribution in [3.05, 3.63) is 17.5 Å². The zero-order chi connectivity index (χ0) is 17.0. The minimum Gasteiger partial charge on any atom is -0.338 e. The van der Waals surface area contributed by atoms with Gasteiger partial charge in [0, 0.05) is 25.2 Å². The number of carbonyl (C=O) groups is 1. The summed E-state index contributed by atoms with van der Waals surface area (Å²) in [7, 11) is -3.25. The second-order valence-corrected chi connectivity index (χ2v) is 8.10. The van der Waals surface area contributed by atoms with Gasteiger partial charge in [-0.05, 0) is 39.2 Å². The molecule has 1 amide bonds. The van der Waals surface area contributed by atoms with Crippen LogP contribution in [0.3, 0.4) is 0 Å². The number of hydrogen-bond donors (Lipinski definition) is 1. The minimum absolute atomic E-state index is 0.00683. The second kappa shape index (κ2) is 7.44. The highest BCUT2D eigenvalue weighted by Crippen LogP contribution is 2.20. The van der Waals surface area contributed by atoms with Crippen LogP contribution in [0.1, 0.15) is 37.1 Å². The fraction of sp³-hybridized carbons (Fsp3) is 0.733. The fourth-order valence-corrected chi connectivity index (χ4v) is 3.54. The second-order valence-electron chi connectivity index (χ2n) is 6.26. The summed E-state index contributed by atoms with van der Waals surface area (Å²) in [6.45, 7) is 5.57. The highest BCUT2D eigenvalue weighted by atomic mass is 32.2. The van der Waals surface area contributed by atoms with Crippen LogP contribution < -0.4 is 4.72 Å². The Balaban J connectivity index is 1.97. The SMILES string of the molecule is Cc1cc(C)n(CC2CCCCN2C(=O)CCNS(C)(=O)=O)n1. The molecule has 2 heterocycles. The molecule has 8 heteroatoms. The first-order valence-corrected chi connectivity index (χ1v) is 9.90. The smallest absolute Gasteiger partial charge is 0.224 e. The third kappa shape index (κ3) is 5.31. The van der Waals surface area contributed by atoms with Gasteiger partial charge in [-0.1, -0.05) is 0 Å². The largest absolute Gasteiger partial charge is 0.338 e. The van der Waals surface area contributed by atoms with Gasteiger partial charge in [-0.2, -0.15) is 5.10 Å². The lowest BCUT2D eigenvalue weighted by Gasteiger charge is -2.36. The molecule has 0 aliphatic carbocycles. The van der Waals surface area contributed by atoms with Gasteiger partial charge in [0.15, 0.2) is 0 Å². The number of rotatable bonds is 6. The van der Waals surface area contributed by atoms with Crippen LogP contribution in [-0.2, 0) is 21.4 Å². The summed E-state index contributed by atoms with van der Waals surface area (Å²) in [6, 6.07) is 2.16. The van der Waals surface area contributed by atoms with Crippen LogP contribution in [0.2, 0.25) is 0 Å². The van der Waals surface area contributed by atoms with Gasteiger partial charge in [0.25, 0.3) is 0 Å². The standard InChI is InChI=1S/C15H26N4O3S/c1-12-10-13(2)19(17-12)11-14-6-4-5-9-18(14)15(20)7-8-16-23(3,21)22/h10,14,16H,4-9,11H2,1-3H3. The average molecular weight is 342 g/mol. The molecule has 1 N–H and O–H groups in total. The minimum atomic E-state index is -3.25. The normalized spacial score (nSPS) is 19.1. The van der Waals surface area contributed by atoms with Crippen LogP contribution in [0.5, 0.6) is 0 Å². The van der Waals surface area contributed by atoms with E-state index in [1.54, 1.807) is 0 Å². The van der Waals surface area contributed by atoms with Crippen LogP contribution in [-0.4, -0.2) is 54.4 Å². The molecule has 1 saturated heterocycles. The number of aryl methyl sites for hydroxylation is 2. The molecule has 1 aliphatic heterocycles. The van der Waals surface area contributed by atoms with E-state index in [4.69, 9.17) is 0 Å². The summed E-state index contributed by atoms with van der Waals surface area (Å²) < 4.78 is 26.5. The third-order valence-corrected chi connectivity index (χ3v) is 4.87. The van der Waals surface area contributed by atoms with Crippen molar-refractivity contribution in [1.29, 1.82) is 0 Å². The van der Waals surface area contributed by atoms with E-state index < -0.39 is 10.0 Å². The molecule has 1 aliphatic rings. The van der Waals surface area contributed by atoms with E-state index in [1.807, 2.05) is 29.5 Å². The van der Waals surface area contributed by atoms with Crippen molar-refractivity contribution in [3.63, 3.8) is 0 Å². The van der Waals surface area contributed by atoms with Crippen molar-refractivity contribution >= 4 is 15.9 Å². The van der Waals surface area contributed by atoms with E-state index in [0.29, 0.717) is 6.54 Å². The molecular weight excluding hydrogens is 316 g/mol. The number of nitrogens with one attached hydrogen (secondary N) is 1. The zero-order valence-electron chi connectivity index (χ0n) is 14.1. The lowest BCUT2D eigenvalue weighted by molar-refractivity contribution is -0.135. The summed E-state index contributed by atoms with van der Waals surface area (Å²) in [4.78, 5) is 14.3. The zero-order valence-corrected chi connectivity index (χ0v) is 14.9. The van der Waals surface area contributed by atoms with Crippen LogP contribution in [0.4, 0.5) is 0 Å². The topological polar surface area (TPSA) is 84.3 Å². The Morgan fingerprint density at radius 1 is 1.39 bits per heavy atom. The maximum absolute atomic E-state index is 12.4. The molecule has 23 heavy (non-hydrogen) atoms. The summed E-state index contributed by atoms with van der Waals surface area (Å²) in [6.07, 6.45) is 4.36. The first kappa shape index (κ1) is 17.9. The molecule has 2 rings (SSSR count). The molecule has 1 aromatic rings. The van der Waals surface area contributed by atoms with E-state index in [1.165, 1.54) is 0 Å². The van der Waals surface area contributed by atoms with Crippen molar-refractivity contribution in [3.8, 4) is 0 Å². The quantitative estimate of drug-likeness (QED) is 0.829. The maximum Gasteiger partial charge on any atom is 0.224 e. The number of likely N-dealkylation sites (tertiary alicyclic amines) is 1. The van der Waals surface area contributed by atoms with E-state index >= 15 is 0 Å². The van der Waals surface area contributed by atoms with Gasteiger partial charge in [0.1, 0.15) is 0 Å². The molecule has 1 unspecified atom stereocenters. The van der Waals surface area contributed by atoms with E-state index in [-0.39, 0.29) is 24.9 Å². The summed E-state index contributed by atoms with van der Waals surface area (Å²) in [5.41, 5.74) is 2.08. The van der Waals surface area contributed by atoms with E-state index in [9.17, 15) is 13.2 Å². The molecule has 7 nitrogen and oxygen atoms in total. The number of sulfonamides is 1. The average Bonchev–Trinajstić information content (AvgIpc) is 2.76. The van der Waals surface area contributed by atoms with Gasteiger partial charge in [0.2, 0.25) is 15.9 Å². The number of piperidine rings is 1. The van der Waals surface area contributed by atoms with E-state index in [0.717, 1.165) is 43.5 Å². The molecule has 1 atom stereocenters. The molecule has 0 saturated carbocycles. The fourth-order valence-electron chi connectivity index (χ4n) is 3.07. The molecular formula is C15H26N4O3S. The lowest BCUT2D eigenvalue weighted by Crippen LogP contribution is -2.46. The van der Waals surface area contributed by atoms with Crippen LogP contribution in [0, 0.1) is 13.8 Å². The summed E-state index contributed by atoms with van der Waals surface area (Å²) >= 11 is 0. The molecule has 0 aromatic carbocycles. The maximum atomic E-state index is 12.4. The highest BCUT2D eigenvalue weighted by molar-refractivity contribution is 7.88. The van der Waals surface area contributed by atoms with Crippen molar-refractivity contribution in [2.45, 2.75) is 52.1 Å². The highest BCUT2D eigenvalue weighted by Gasteiger charge is 2.27.